The van der Waals surface area contributed by atoms with Crippen LogP contribution in [-0.4, -0.2) is 38.8 Å². The lowest BCUT2D eigenvalue weighted by molar-refractivity contribution is -0.123. The van der Waals surface area contributed by atoms with Gasteiger partial charge in [0.15, 0.2) is 0 Å². The third-order valence-corrected chi connectivity index (χ3v) is 2.52. The highest BCUT2D eigenvalue weighted by Gasteiger charge is 2.22. The maximum absolute atomic E-state index is 11.9. The number of rotatable bonds is 4. The normalized spacial score (nSPS) is 14.1. The van der Waals surface area contributed by atoms with Gasteiger partial charge in [0.2, 0.25) is 0 Å². The Hall–Kier alpha value is -1.59. The van der Waals surface area contributed by atoms with Crippen molar-refractivity contribution in [3.05, 3.63) is 24.3 Å². The van der Waals surface area contributed by atoms with Crippen LogP contribution < -0.4 is 15.4 Å². The number of carbonyl (C=O) groups is 1. The summed E-state index contributed by atoms with van der Waals surface area (Å²) in [6.07, 6.45) is 0. The Morgan fingerprint density at radius 3 is 3.12 bits per heavy atom. The molecule has 0 fully saturated rings. The monoisotopic (exact) mass is 236 g/mol. The molecule has 1 aliphatic rings. The van der Waals surface area contributed by atoms with Crippen LogP contribution in [0.1, 0.15) is 0 Å². The fourth-order valence-corrected chi connectivity index (χ4v) is 1.75. The van der Waals surface area contributed by atoms with E-state index in [1.54, 1.807) is 4.90 Å². The van der Waals surface area contributed by atoms with Crippen molar-refractivity contribution in [1.82, 2.24) is 0 Å². The molecule has 5 heteroatoms. The summed E-state index contributed by atoms with van der Waals surface area (Å²) in [6.45, 7) is 1.96. The molecule has 1 heterocycles. The summed E-state index contributed by atoms with van der Waals surface area (Å²) in [6, 6.07) is 7.50. The van der Waals surface area contributed by atoms with Crippen LogP contribution in [0.3, 0.4) is 0 Å². The fraction of sp³-hybridized carbons (Fsp3) is 0.417. The van der Waals surface area contributed by atoms with Crippen LogP contribution in [0.25, 0.3) is 0 Å². The first-order valence-corrected chi connectivity index (χ1v) is 5.63. The highest BCUT2D eigenvalue weighted by atomic mass is 16.5. The van der Waals surface area contributed by atoms with E-state index in [1.807, 2.05) is 24.3 Å². The third-order valence-electron chi connectivity index (χ3n) is 2.52. The summed E-state index contributed by atoms with van der Waals surface area (Å²) in [7, 11) is 0. The van der Waals surface area contributed by atoms with Crippen LogP contribution in [0, 0.1) is 0 Å². The van der Waals surface area contributed by atoms with E-state index in [0.29, 0.717) is 26.3 Å². The molecular weight excluding hydrogens is 220 g/mol. The van der Waals surface area contributed by atoms with Gasteiger partial charge in [0.05, 0.1) is 18.8 Å². The molecule has 0 bridgehead atoms. The number of nitrogens with two attached hydrogens (primary N) is 1. The van der Waals surface area contributed by atoms with Crippen molar-refractivity contribution >= 4 is 11.6 Å². The molecule has 0 saturated heterocycles. The van der Waals surface area contributed by atoms with Crippen LogP contribution in [-0.2, 0) is 9.53 Å². The largest absolute Gasteiger partial charge is 0.490 e. The summed E-state index contributed by atoms with van der Waals surface area (Å²) < 4.78 is 10.6. The molecular formula is C12H16N2O3. The summed E-state index contributed by atoms with van der Waals surface area (Å²) in [4.78, 5) is 13.6. The number of hydrogen-bond acceptors (Lipinski definition) is 4. The number of benzene rings is 1. The van der Waals surface area contributed by atoms with E-state index in [0.717, 1.165) is 11.4 Å². The fourth-order valence-electron chi connectivity index (χ4n) is 1.75. The van der Waals surface area contributed by atoms with E-state index >= 15 is 0 Å². The topological polar surface area (TPSA) is 64.8 Å². The van der Waals surface area contributed by atoms with Crippen LogP contribution in [0.2, 0.25) is 0 Å². The van der Waals surface area contributed by atoms with E-state index < -0.39 is 0 Å². The molecule has 2 rings (SSSR count). The molecule has 0 saturated carbocycles. The second-order valence-electron chi connectivity index (χ2n) is 3.70. The number of ether oxygens (including phenoxy) is 2. The first-order chi connectivity index (χ1) is 8.33. The predicted octanol–water partition coefficient (Wildman–Crippen LogP) is 0.387. The average Bonchev–Trinajstić information content (AvgIpc) is 2.38. The number of para-hydroxylation sites is 2. The van der Waals surface area contributed by atoms with Gasteiger partial charge < -0.3 is 20.1 Å². The van der Waals surface area contributed by atoms with Gasteiger partial charge in [-0.2, -0.15) is 0 Å². The lowest BCUT2D eigenvalue weighted by atomic mass is 10.2. The lowest BCUT2D eigenvalue weighted by Crippen LogP contribution is -2.40. The summed E-state index contributed by atoms with van der Waals surface area (Å²) in [5.41, 5.74) is 6.11. The third kappa shape index (κ3) is 2.75. The molecule has 2 N–H and O–H groups in total. The summed E-state index contributed by atoms with van der Waals surface area (Å²) >= 11 is 0. The van der Waals surface area contributed by atoms with Crippen molar-refractivity contribution in [2.45, 2.75) is 0 Å². The zero-order valence-electron chi connectivity index (χ0n) is 9.59. The number of fused-ring (bicyclic) bond motifs is 1. The lowest BCUT2D eigenvalue weighted by Gasteiger charge is -2.29. The highest BCUT2D eigenvalue weighted by Crippen LogP contribution is 2.30. The van der Waals surface area contributed by atoms with Gasteiger partial charge in [-0.05, 0) is 12.1 Å². The van der Waals surface area contributed by atoms with Crippen molar-refractivity contribution in [3.8, 4) is 5.75 Å². The van der Waals surface area contributed by atoms with Gasteiger partial charge in [-0.3, -0.25) is 4.79 Å². The minimum absolute atomic E-state index is 0.0609. The Morgan fingerprint density at radius 1 is 1.47 bits per heavy atom. The zero-order chi connectivity index (χ0) is 12.1. The molecule has 92 valence electrons. The van der Waals surface area contributed by atoms with Crippen molar-refractivity contribution in [2.75, 3.05) is 37.8 Å². The molecule has 0 unspecified atom stereocenters. The van der Waals surface area contributed by atoms with Gasteiger partial charge in [-0.1, -0.05) is 12.1 Å². The minimum atomic E-state index is -0.0609. The van der Waals surface area contributed by atoms with Crippen LogP contribution in [0.15, 0.2) is 24.3 Å². The summed E-state index contributed by atoms with van der Waals surface area (Å²) in [5, 5.41) is 0. The Labute approximate surface area is 100 Å². The first kappa shape index (κ1) is 11.9. The average molecular weight is 236 g/mol. The first-order valence-electron chi connectivity index (χ1n) is 5.63. The molecule has 0 spiro atoms. The number of anilines is 1. The SMILES string of the molecule is NCCOCC(=O)N1CCOc2ccccc21. The second-order valence-corrected chi connectivity index (χ2v) is 3.70. The van der Waals surface area contributed by atoms with E-state index in [1.165, 1.54) is 0 Å². The van der Waals surface area contributed by atoms with E-state index in [4.69, 9.17) is 15.2 Å². The van der Waals surface area contributed by atoms with Gasteiger partial charge in [-0.15, -0.1) is 0 Å². The number of amides is 1. The smallest absolute Gasteiger partial charge is 0.253 e. The maximum atomic E-state index is 11.9. The molecule has 5 nitrogen and oxygen atoms in total. The van der Waals surface area contributed by atoms with Gasteiger partial charge in [0, 0.05) is 6.54 Å². The molecule has 0 aliphatic carbocycles. The van der Waals surface area contributed by atoms with Crippen molar-refractivity contribution in [3.63, 3.8) is 0 Å². The van der Waals surface area contributed by atoms with Crippen molar-refractivity contribution < 1.29 is 14.3 Å². The quantitative estimate of drug-likeness (QED) is 0.768. The standard InChI is InChI=1S/C12H16N2O3/c13-5-7-16-9-12(15)14-6-8-17-11-4-2-1-3-10(11)14/h1-4H,5-9,13H2. The second kappa shape index (κ2) is 5.65. The zero-order valence-corrected chi connectivity index (χ0v) is 9.59. The number of hydrogen-bond donors (Lipinski definition) is 1. The molecule has 1 aromatic rings. The Balaban J connectivity index is 2.05. The van der Waals surface area contributed by atoms with Crippen LogP contribution >= 0.6 is 0 Å². The predicted molar refractivity (Wildman–Crippen MR) is 64.2 cm³/mol. The number of nitrogens with zero attached hydrogens (tertiary/aromatic N) is 1. The van der Waals surface area contributed by atoms with Gasteiger partial charge in [-0.25, -0.2) is 0 Å². The Bertz CT molecular complexity index is 395. The van der Waals surface area contributed by atoms with E-state index in [9.17, 15) is 4.79 Å². The minimum Gasteiger partial charge on any atom is -0.490 e. The molecule has 1 amide bonds. The molecule has 0 atom stereocenters. The van der Waals surface area contributed by atoms with Crippen molar-refractivity contribution in [2.24, 2.45) is 5.73 Å². The maximum Gasteiger partial charge on any atom is 0.253 e. The van der Waals surface area contributed by atoms with Gasteiger partial charge in [0.25, 0.3) is 5.91 Å². The van der Waals surface area contributed by atoms with Crippen molar-refractivity contribution in [1.29, 1.82) is 0 Å². The van der Waals surface area contributed by atoms with Gasteiger partial charge in [0.1, 0.15) is 19.0 Å². The molecule has 0 radical (unpaired) electrons. The molecule has 17 heavy (non-hydrogen) atoms. The van der Waals surface area contributed by atoms with Crippen LogP contribution in [0.5, 0.6) is 5.75 Å². The Kier molecular flexibility index (Phi) is 3.95. The van der Waals surface area contributed by atoms with Gasteiger partial charge >= 0.3 is 0 Å². The van der Waals surface area contributed by atoms with E-state index in [2.05, 4.69) is 0 Å². The van der Waals surface area contributed by atoms with Crippen LogP contribution in [0.4, 0.5) is 5.69 Å². The van der Waals surface area contributed by atoms with E-state index in [-0.39, 0.29) is 12.5 Å². The molecule has 0 aromatic heterocycles. The molecule has 1 aliphatic heterocycles. The Morgan fingerprint density at radius 2 is 2.29 bits per heavy atom. The molecule has 1 aromatic carbocycles. The summed E-state index contributed by atoms with van der Waals surface area (Å²) in [5.74, 6) is 0.681. The highest BCUT2D eigenvalue weighted by molar-refractivity contribution is 5.96. The number of carbonyl (C=O) groups excluding carboxylic acids is 1.